The average Bonchev–Trinajstić information content (AvgIpc) is 2.84. The maximum atomic E-state index is 12.6. The van der Waals surface area contributed by atoms with Gasteiger partial charge in [0.25, 0.3) is 0 Å². The highest BCUT2D eigenvalue weighted by Crippen LogP contribution is 2.34. The summed E-state index contributed by atoms with van der Waals surface area (Å²) < 4.78 is 6.06. The van der Waals surface area contributed by atoms with Crippen LogP contribution in [0.3, 0.4) is 0 Å². The lowest BCUT2D eigenvalue weighted by Crippen LogP contribution is -2.37. The predicted octanol–water partition coefficient (Wildman–Crippen LogP) is 3.29. The van der Waals surface area contributed by atoms with Crippen LogP contribution in [0.4, 0.5) is 0 Å². The van der Waals surface area contributed by atoms with Gasteiger partial charge in [-0.05, 0) is 19.5 Å². The van der Waals surface area contributed by atoms with Gasteiger partial charge in [0.1, 0.15) is 6.10 Å². The predicted molar refractivity (Wildman–Crippen MR) is 82.1 cm³/mol. The molecule has 2 aromatic rings. The van der Waals surface area contributed by atoms with Crippen LogP contribution in [-0.2, 0) is 4.74 Å². The molecule has 0 radical (unpaired) electrons. The number of ether oxygens (including phenoxy) is 1. The van der Waals surface area contributed by atoms with Gasteiger partial charge >= 0.3 is 0 Å². The second-order valence-electron chi connectivity index (χ2n) is 5.46. The third kappa shape index (κ3) is 2.62. The van der Waals surface area contributed by atoms with Crippen molar-refractivity contribution in [3.63, 3.8) is 0 Å². The summed E-state index contributed by atoms with van der Waals surface area (Å²) in [6.45, 7) is 2.09. The Hall–Kier alpha value is -1.97. The number of carbonyl (C=O) groups is 1. The van der Waals surface area contributed by atoms with E-state index in [4.69, 9.17) is 4.74 Å². The Labute approximate surface area is 125 Å². The monoisotopic (exact) mass is 281 g/mol. The van der Waals surface area contributed by atoms with E-state index in [9.17, 15) is 4.79 Å². The Morgan fingerprint density at radius 1 is 1.00 bits per heavy atom. The number of hydrogen-bond donors (Lipinski definition) is 0. The van der Waals surface area contributed by atoms with E-state index >= 15 is 0 Å². The number of likely N-dealkylation sites (N-methyl/N-ethyl adjacent to an activating group) is 1. The van der Waals surface area contributed by atoms with Crippen LogP contribution >= 0.6 is 0 Å². The lowest BCUT2D eigenvalue weighted by atomic mass is 10.0. The summed E-state index contributed by atoms with van der Waals surface area (Å²) in [5, 5.41) is 0. The summed E-state index contributed by atoms with van der Waals surface area (Å²) in [5.74, 6) is 0.0170. The fraction of sp³-hybridized carbons (Fsp3) is 0.278. The van der Waals surface area contributed by atoms with Crippen molar-refractivity contribution in [1.82, 2.24) is 4.90 Å². The van der Waals surface area contributed by atoms with Gasteiger partial charge in [0.2, 0.25) is 5.78 Å². The summed E-state index contributed by atoms with van der Waals surface area (Å²) in [4.78, 5) is 14.6. The largest absolute Gasteiger partial charge is 0.346 e. The van der Waals surface area contributed by atoms with E-state index < -0.39 is 6.23 Å². The number of rotatable bonds is 3. The zero-order chi connectivity index (χ0) is 14.8. The van der Waals surface area contributed by atoms with Crippen LogP contribution in [0.5, 0.6) is 0 Å². The summed E-state index contributed by atoms with van der Waals surface area (Å²) in [6, 6.07) is 19.6. The number of carbonyl (C=O) groups excluding carboxylic acids is 1. The van der Waals surface area contributed by atoms with Crippen LogP contribution < -0.4 is 0 Å². The molecule has 2 aromatic carbocycles. The highest BCUT2D eigenvalue weighted by atomic mass is 16.5. The van der Waals surface area contributed by atoms with E-state index in [-0.39, 0.29) is 17.9 Å². The topological polar surface area (TPSA) is 29.5 Å². The summed E-state index contributed by atoms with van der Waals surface area (Å²) in [6.07, 6.45) is -0.596. The molecule has 21 heavy (non-hydrogen) atoms. The standard InChI is InChI=1S/C18H19NO2/c1-13-17(15-11-7-4-8-12-15)21-18(19(13)2)16(20)14-9-5-3-6-10-14/h3-13,17-18H,1-2H3/t13-,17-,18-/m0/s1. The quantitative estimate of drug-likeness (QED) is 0.809. The number of ketones is 1. The summed E-state index contributed by atoms with van der Waals surface area (Å²) >= 11 is 0. The van der Waals surface area contributed by atoms with E-state index in [2.05, 4.69) is 6.92 Å². The average molecular weight is 281 g/mol. The van der Waals surface area contributed by atoms with E-state index in [0.717, 1.165) is 5.56 Å². The van der Waals surface area contributed by atoms with Gasteiger partial charge < -0.3 is 4.74 Å². The molecule has 1 saturated heterocycles. The molecule has 3 atom stereocenters. The molecule has 3 heteroatoms. The Kier molecular flexibility index (Phi) is 3.86. The second kappa shape index (κ2) is 5.80. The molecule has 0 spiro atoms. The smallest absolute Gasteiger partial charge is 0.206 e. The Balaban J connectivity index is 1.84. The van der Waals surface area contributed by atoms with Gasteiger partial charge in [-0.25, -0.2) is 0 Å². The highest BCUT2D eigenvalue weighted by Gasteiger charge is 2.41. The third-order valence-electron chi connectivity index (χ3n) is 4.14. The first kappa shape index (κ1) is 14.0. The minimum atomic E-state index is -0.521. The van der Waals surface area contributed by atoms with Gasteiger partial charge in [-0.15, -0.1) is 0 Å². The molecule has 0 unspecified atom stereocenters. The van der Waals surface area contributed by atoms with Crippen molar-refractivity contribution in [2.45, 2.75) is 25.3 Å². The van der Waals surface area contributed by atoms with Crippen molar-refractivity contribution in [2.24, 2.45) is 0 Å². The minimum absolute atomic E-state index is 0.0170. The molecular formula is C18H19NO2. The van der Waals surface area contributed by atoms with Crippen LogP contribution in [-0.4, -0.2) is 30.0 Å². The van der Waals surface area contributed by atoms with Crippen molar-refractivity contribution >= 4 is 5.78 Å². The van der Waals surface area contributed by atoms with Crippen molar-refractivity contribution < 1.29 is 9.53 Å². The van der Waals surface area contributed by atoms with Crippen LogP contribution in [0, 0.1) is 0 Å². The number of nitrogens with zero attached hydrogens (tertiary/aromatic N) is 1. The van der Waals surface area contributed by atoms with Crippen molar-refractivity contribution in [3.05, 3.63) is 71.8 Å². The number of Topliss-reactive ketones (excluding diaryl/α,β-unsaturated/α-hetero) is 1. The van der Waals surface area contributed by atoms with Crippen LogP contribution in [0.25, 0.3) is 0 Å². The molecule has 0 aliphatic carbocycles. The molecule has 0 N–H and O–H groups in total. The van der Waals surface area contributed by atoms with Gasteiger partial charge in [-0.2, -0.15) is 0 Å². The Bertz CT molecular complexity index is 612. The number of benzene rings is 2. The van der Waals surface area contributed by atoms with Crippen molar-refractivity contribution in [1.29, 1.82) is 0 Å². The van der Waals surface area contributed by atoms with E-state index in [1.165, 1.54) is 0 Å². The summed E-state index contributed by atoms with van der Waals surface area (Å²) in [7, 11) is 1.94. The lowest BCUT2D eigenvalue weighted by molar-refractivity contribution is 0.0128. The third-order valence-corrected chi connectivity index (χ3v) is 4.14. The molecule has 108 valence electrons. The van der Waals surface area contributed by atoms with E-state index in [0.29, 0.717) is 5.56 Å². The maximum absolute atomic E-state index is 12.6. The van der Waals surface area contributed by atoms with Gasteiger partial charge in [-0.3, -0.25) is 9.69 Å². The zero-order valence-corrected chi connectivity index (χ0v) is 12.3. The summed E-state index contributed by atoms with van der Waals surface area (Å²) in [5.41, 5.74) is 1.80. The zero-order valence-electron chi connectivity index (χ0n) is 12.3. The first-order chi connectivity index (χ1) is 10.2. The van der Waals surface area contributed by atoms with E-state index in [1.807, 2.05) is 72.6 Å². The molecule has 0 saturated carbocycles. The molecule has 0 amide bonds. The fourth-order valence-electron chi connectivity index (χ4n) is 2.77. The highest BCUT2D eigenvalue weighted by molar-refractivity contribution is 5.99. The van der Waals surface area contributed by atoms with Gasteiger partial charge in [0.15, 0.2) is 6.23 Å². The fourth-order valence-corrected chi connectivity index (χ4v) is 2.77. The molecule has 1 aliphatic heterocycles. The SMILES string of the molecule is C[C@H]1[C@@H](c2ccccc2)O[C@@H](C(=O)c2ccccc2)N1C. The minimum Gasteiger partial charge on any atom is -0.346 e. The lowest BCUT2D eigenvalue weighted by Gasteiger charge is -2.20. The second-order valence-corrected chi connectivity index (χ2v) is 5.46. The first-order valence-electron chi connectivity index (χ1n) is 7.20. The molecule has 3 nitrogen and oxygen atoms in total. The molecular weight excluding hydrogens is 262 g/mol. The van der Waals surface area contributed by atoms with Crippen LogP contribution in [0.2, 0.25) is 0 Å². The molecule has 1 heterocycles. The first-order valence-corrected chi connectivity index (χ1v) is 7.20. The molecule has 1 aliphatic rings. The Morgan fingerprint density at radius 2 is 1.57 bits per heavy atom. The van der Waals surface area contributed by atoms with Crippen LogP contribution in [0.15, 0.2) is 60.7 Å². The van der Waals surface area contributed by atoms with E-state index in [1.54, 1.807) is 0 Å². The normalized spacial score (nSPS) is 25.9. The Morgan fingerprint density at radius 3 is 2.19 bits per heavy atom. The molecule has 0 bridgehead atoms. The number of hydrogen-bond acceptors (Lipinski definition) is 3. The van der Waals surface area contributed by atoms with Crippen molar-refractivity contribution in [3.8, 4) is 0 Å². The maximum Gasteiger partial charge on any atom is 0.206 e. The van der Waals surface area contributed by atoms with Crippen molar-refractivity contribution in [2.75, 3.05) is 7.05 Å². The van der Waals surface area contributed by atoms with Crippen LogP contribution in [0.1, 0.15) is 28.9 Å². The van der Waals surface area contributed by atoms with Gasteiger partial charge in [0, 0.05) is 11.6 Å². The van der Waals surface area contributed by atoms with Gasteiger partial charge in [-0.1, -0.05) is 60.7 Å². The van der Waals surface area contributed by atoms with Gasteiger partial charge in [0.05, 0.1) is 0 Å². The molecule has 0 aromatic heterocycles. The molecule has 3 rings (SSSR count). The molecule has 1 fully saturated rings.